The van der Waals surface area contributed by atoms with Gasteiger partial charge in [0.25, 0.3) is 5.91 Å². The van der Waals surface area contributed by atoms with Crippen molar-refractivity contribution in [2.45, 2.75) is 26.3 Å². The van der Waals surface area contributed by atoms with E-state index >= 15 is 0 Å². The summed E-state index contributed by atoms with van der Waals surface area (Å²) in [5, 5.41) is 10.9. The molecular weight excluding hydrogens is 438 g/mol. The maximum Gasteiger partial charge on any atom is 0.276 e. The number of carbonyl (C=O) groups is 1. The number of amides is 1. The number of nitrogens with one attached hydrogen (secondary N) is 2. The van der Waals surface area contributed by atoms with Crippen LogP contribution in [0.2, 0.25) is 0 Å². The van der Waals surface area contributed by atoms with E-state index in [0.29, 0.717) is 11.4 Å². The molecule has 1 fully saturated rings. The van der Waals surface area contributed by atoms with Crippen molar-refractivity contribution in [2.24, 2.45) is 5.92 Å². The van der Waals surface area contributed by atoms with Crippen LogP contribution in [0.4, 0.5) is 11.5 Å². The summed E-state index contributed by atoms with van der Waals surface area (Å²) >= 11 is 0. The first-order valence-electron chi connectivity index (χ1n) is 12.1. The van der Waals surface area contributed by atoms with Crippen molar-refractivity contribution >= 4 is 28.3 Å². The van der Waals surface area contributed by atoms with Crippen LogP contribution in [-0.2, 0) is 6.54 Å². The molecule has 0 atom stereocenters. The van der Waals surface area contributed by atoms with E-state index in [9.17, 15) is 4.79 Å². The summed E-state index contributed by atoms with van der Waals surface area (Å²) in [6.45, 7) is 5.52. The predicted molar refractivity (Wildman–Crippen MR) is 140 cm³/mol. The van der Waals surface area contributed by atoms with Gasteiger partial charge in [0.2, 0.25) is 0 Å². The second kappa shape index (κ2) is 9.84. The molecule has 1 aliphatic heterocycles. The smallest absolute Gasteiger partial charge is 0.276 e. The normalized spacial score (nSPS) is 14.8. The molecule has 0 aliphatic carbocycles. The van der Waals surface area contributed by atoms with Gasteiger partial charge in [-0.05, 0) is 73.3 Å². The number of aromatic amines is 1. The van der Waals surface area contributed by atoms with Crippen molar-refractivity contribution in [3.63, 3.8) is 0 Å². The molecule has 0 radical (unpaired) electrons. The van der Waals surface area contributed by atoms with Crippen LogP contribution >= 0.6 is 0 Å². The van der Waals surface area contributed by atoms with Crippen LogP contribution in [0.5, 0.6) is 0 Å². The predicted octanol–water partition coefficient (Wildman–Crippen LogP) is 4.57. The summed E-state index contributed by atoms with van der Waals surface area (Å²) < 4.78 is 0. The summed E-state index contributed by atoms with van der Waals surface area (Å²) in [6, 6.07) is 11.9. The van der Waals surface area contributed by atoms with E-state index in [-0.39, 0.29) is 5.91 Å². The number of benzene rings is 1. The topological polar surface area (TPSA) is 90.0 Å². The lowest BCUT2D eigenvalue weighted by Crippen LogP contribution is -2.32. The lowest BCUT2D eigenvalue weighted by atomic mass is 9.98. The Morgan fingerprint density at radius 1 is 1.09 bits per heavy atom. The zero-order valence-electron chi connectivity index (χ0n) is 20.5. The molecule has 8 nitrogen and oxygen atoms in total. The highest BCUT2D eigenvalue weighted by Crippen LogP contribution is 2.27. The van der Waals surface area contributed by atoms with Gasteiger partial charge in [-0.2, -0.15) is 5.10 Å². The molecular formula is C27H31N7O. The first-order chi connectivity index (χ1) is 17.0. The van der Waals surface area contributed by atoms with Crippen molar-refractivity contribution < 1.29 is 4.79 Å². The Kier molecular flexibility index (Phi) is 6.46. The van der Waals surface area contributed by atoms with Gasteiger partial charge in [0.1, 0.15) is 5.82 Å². The average Bonchev–Trinajstić information content (AvgIpc) is 3.29. The molecule has 0 unspecified atom stereocenters. The molecule has 0 spiro atoms. The number of carbonyl (C=O) groups excluding carboxylic acids is 1. The fraction of sp³-hybridized carbons (Fsp3) is 0.333. The highest BCUT2D eigenvalue weighted by molar-refractivity contribution is 6.11. The minimum absolute atomic E-state index is 0.279. The van der Waals surface area contributed by atoms with Crippen LogP contribution in [0.3, 0.4) is 0 Å². The quantitative estimate of drug-likeness (QED) is 0.430. The Bertz CT molecular complexity index is 1320. The molecule has 4 aromatic rings. The molecule has 4 heterocycles. The van der Waals surface area contributed by atoms with E-state index in [4.69, 9.17) is 0 Å². The number of hydrogen-bond donors (Lipinski definition) is 2. The van der Waals surface area contributed by atoms with Gasteiger partial charge in [0.05, 0.1) is 17.4 Å². The van der Waals surface area contributed by atoms with E-state index in [2.05, 4.69) is 43.4 Å². The standard InChI is InChI=1S/C27H31N7O/c1-18-8-10-34(11-9-18)17-19-12-21(15-28-14-19)20-4-6-24-23(13-20)26(32-31-24)27(35)30-22-5-7-25(29-16-22)33(2)3/h4-7,12-16,18H,8-11,17H2,1-3H3,(H,30,35)(H,31,32). The van der Waals surface area contributed by atoms with Crippen molar-refractivity contribution in [3.8, 4) is 11.1 Å². The van der Waals surface area contributed by atoms with Crippen molar-refractivity contribution in [2.75, 3.05) is 37.4 Å². The SMILES string of the molecule is CC1CCN(Cc2cncc(-c3ccc4[nH]nc(C(=O)Nc5ccc(N(C)C)nc5)c4c3)c2)CC1. The molecule has 1 saturated heterocycles. The maximum atomic E-state index is 13.0. The number of piperidine rings is 1. The third-order valence-electron chi connectivity index (χ3n) is 6.65. The van der Waals surface area contributed by atoms with Gasteiger partial charge in [-0.25, -0.2) is 4.98 Å². The third-order valence-corrected chi connectivity index (χ3v) is 6.65. The number of aromatic nitrogens is 4. The first-order valence-corrected chi connectivity index (χ1v) is 12.1. The summed E-state index contributed by atoms with van der Waals surface area (Å²) in [7, 11) is 3.85. The van der Waals surface area contributed by atoms with E-state index in [1.165, 1.54) is 18.4 Å². The highest BCUT2D eigenvalue weighted by Gasteiger charge is 2.17. The maximum absolute atomic E-state index is 13.0. The average molecular weight is 470 g/mol. The summed E-state index contributed by atoms with van der Waals surface area (Å²) in [5.74, 6) is 1.36. The zero-order chi connectivity index (χ0) is 24.4. The van der Waals surface area contributed by atoms with Gasteiger partial charge in [0, 0.05) is 44.0 Å². The molecule has 180 valence electrons. The Labute approximate surface area is 205 Å². The number of H-pyrrole nitrogens is 1. The Morgan fingerprint density at radius 3 is 2.66 bits per heavy atom. The minimum Gasteiger partial charge on any atom is -0.363 e. The summed E-state index contributed by atoms with van der Waals surface area (Å²) in [6.07, 6.45) is 7.98. The van der Waals surface area contributed by atoms with Crippen molar-refractivity contribution in [1.29, 1.82) is 0 Å². The number of anilines is 2. The van der Waals surface area contributed by atoms with Crippen LogP contribution in [-0.4, -0.2) is 58.2 Å². The third kappa shape index (κ3) is 5.17. The van der Waals surface area contributed by atoms with Gasteiger partial charge >= 0.3 is 0 Å². The molecule has 0 saturated carbocycles. The minimum atomic E-state index is -0.279. The van der Waals surface area contributed by atoms with Gasteiger partial charge in [-0.1, -0.05) is 13.0 Å². The number of nitrogens with zero attached hydrogens (tertiary/aromatic N) is 5. The highest BCUT2D eigenvalue weighted by atomic mass is 16.1. The van der Waals surface area contributed by atoms with Crippen LogP contribution in [0.1, 0.15) is 35.8 Å². The Hall–Kier alpha value is -3.78. The lowest BCUT2D eigenvalue weighted by Gasteiger charge is -2.30. The van der Waals surface area contributed by atoms with Gasteiger partial charge in [-0.15, -0.1) is 0 Å². The molecule has 1 amide bonds. The molecule has 3 aromatic heterocycles. The molecule has 8 heteroatoms. The summed E-state index contributed by atoms with van der Waals surface area (Å²) in [5.41, 5.74) is 5.03. The van der Waals surface area contributed by atoms with E-state index in [1.807, 2.05) is 61.7 Å². The Morgan fingerprint density at radius 2 is 1.91 bits per heavy atom. The molecule has 2 N–H and O–H groups in total. The number of fused-ring (bicyclic) bond motifs is 1. The zero-order valence-corrected chi connectivity index (χ0v) is 20.5. The van der Waals surface area contributed by atoms with Crippen LogP contribution in [0.15, 0.2) is 55.0 Å². The second-order valence-corrected chi connectivity index (χ2v) is 9.63. The van der Waals surface area contributed by atoms with Crippen LogP contribution < -0.4 is 10.2 Å². The van der Waals surface area contributed by atoms with E-state index in [1.54, 1.807) is 6.20 Å². The molecule has 1 aliphatic rings. The van der Waals surface area contributed by atoms with Crippen LogP contribution in [0.25, 0.3) is 22.0 Å². The van der Waals surface area contributed by atoms with E-state index < -0.39 is 0 Å². The fourth-order valence-corrected chi connectivity index (χ4v) is 4.49. The molecule has 0 bridgehead atoms. The summed E-state index contributed by atoms with van der Waals surface area (Å²) in [4.78, 5) is 26.3. The molecule has 1 aromatic carbocycles. The fourth-order valence-electron chi connectivity index (χ4n) is 4.49. The number of pyridine rings is 2. The van der Waals surface area contributed by atoms with Crippen LogP contribution in [0, 0.1) is 5.92 Å². The van der Waals surface area contributed by atoms with Gasteiger partial charge < -0.3 is 10.2 Å². The van der Waals surface area contributed by atoms with Gasteiger partial charge in [0.15, 0.2) is 5.69 Å². The van der Waals surface area contributed by atoms with Crippen molar-refractivity contribution in [3.05, 3.63) is 66.2 Å². The van der Waals surface area contributed by atoms with E-state index in [0.717, 1.165) is 53.4 Å². The number of hydrogen-bond acceptors (Lipinski definition) is 6. The number of rotatable bonds is 6. The first kappa shape index (κ1) is 23.0. The monoisotopic (exact) mass is 469 g/mol. The lowest BCUT2D eigenvalue weighted by molar-refractivity contribution is 0.102. The second-order valence-electron chi connectivity index (χ2n) is 9.63. The largest absolute Gasteiger partial charge is 0.363 e. The van der Waals surface area contributed by atoms with Crippen molar-refractivity contribution in [1.82, 2.24) is 25.1 Å². The molecule has 35 heavy (non-hydrogen) atoms. The molecule has 5 rings (SSSR count). The Balaban J connectivity index is 1.36. The van der Waals surface area contributed by atoms with Gasteiger partial charge in [-0.3, -0.25) is 19.8 Å². The number of likely N-dealkylation sites (tertiary alicyclic amines) is 1.